The summed E-state index contributed by atoms with van der Waals surface area (Å²) in [4.78, 5) is 0. The first kappa shape index (κ1) is 8.75. The van der Waals surface area contributed by atoms with Crippen molar-refractivity contribution in [3.63, 3.8) is 0 Å². The number of rotatable bonds is 1. The largest absolute Gasteiger partial charge is 0.367 e. The highest BCUT2D eigenvalue weighted by molar-refractivity contribution is 5.11. The van der Waals surface area contributed by atoms with Gasteiger partial charge in [0.1, 0.15) is 0 Å². The zero-order chi connectivity index (χ0) is 9.47. The highest BCUT2D eigenvalue weighted by atomic mass is 16.5. The Balaban J connectivity index is 2.30. The number of fused-ring (bicyclic) bond motifs is 1. The van der Waals surface area contributed by atoms with E-state index in [1.54, 1.807) is 0 Å². The fraction of sp³-hybridized carbons (Fsp3) is 0.700. The van der Waals surface area contributed by atoms with Gasteiger partial charge in [0, 0.05) is 0 Å². The molecule has 1 aliphatic rings. The molecule has 72 valence electrons. The number of nitrogens with zero attached hydrogens (tertiary/aromatic N) is 2. The van der Waals surface area contributed by atoms with Crippen molar-refractivity contribution in [2.24, 2.45) is 0 Å². The standard InChI is InChI=1S/C10H16N2O/c1-4-8-5-9-6-13-10(2,3)7-12(9)11-8/h5H,4,6-7H2,1-3H3. The van der Waals surface area contributed by atoms with E-state index >= 15 is 0 Å². The molecule has 3 nitrogen and oxygen atoms in total. The van der Waals surface area contributed by atoms with Crippen LogP contribution in [0.3, 0.4) is 0 Å². The third-order valence-electron chi connectivity index (χ3n) is 2.42. The van der Waals surface area contributed by atoms with Gasteiger partial charge in [-0.05, 0) is 26.3 Å². The Labute approximate surface area is 78.7 Å². The van der Waals surface area contributed by atoms with Crippen LogP contribution in [0.1, 0.15) is 32.2 Å². The molecular weight excluding hydrogens is 164 g/mol. The fourth-order valence-electron chi connectivity index (χ4n) is 1.62. The van der Waals surface area contributed by atoms with Gasteiger partial charge < -0.3 is 4.74 Å². The Bertz CT molecular complexity index is 315. The zero-order valence-electron chi connectivity index (χ0n) is 8.50. The molecule has 2 rings (SSSR count). The molecule has 0 radical (unpaired) electrons. The van der Waals surface area contributed by atoms with Crippen LogP contribution in [0.2, 0.25) is 0 Å². The molecule has 13 heavy (non-hydrogen) atoms. The van der Waals surface area contributed by atoms with Gasteiger partial charge in [0.15, 0.2) is 0 Å². The van der Waals surface area contributed by atoms with Crippen molar-refractivity contribution in [3.05, 3.63) is 17.5 Å². The van der Waals surface area contributed by atoms with Gasteiger partial charge in [0.05, 0.1) is 30.1 Å². The Morgan fingerprint density at radius 2 is 2.38 bits per heavy atom. The van der Waals surface area contributed by atoms with Gasteiger partial charge in [0.25, 0.3) is 0 Å². The molecule has 0 saturated heterocycles. The predicted molar refractivity (Wildman–Crippen MR) is 50.5 cm³/mol. The van der Waals surface area contributed by atoms with Gasteiger partial charge in [-0.15, -0.1) is 0 Å². The molecular formula is C10H16N2O. The van der Waals surface area contributed by atoms with Crippen LogP contribution in [0.4, 0.5) is 0 Å². The van der Waals surface area contributed by atoms with Crippen LogP contribution in [0, 0.1) is 0 Å². The normalized spacial score (nSPS) is 19.9. The first-order valence-corrected chi connectivity index (χ1v) is 4.80. The molecule has 1 aliphatic heterocycles. The molecule has 1 aromatic rings. The second kappa shape index (κ2) is 2.84. The van der Waals surface area contributed by atoms with Gasteiger partial charge in [-0.3, -0.25) is 4.68 Å². The average Bonchev–Trinajstić information content (AvgIpc) is 2.44. The Morgan fingerprint density at radius 1 is 1.62 bits per heavy atom. The molecule has 0 saturated carbocycles. The second-order valence-electron chi connectivity index (χ2n) is 4.19. The van der Waals surface area contributed by atoms with Crippen molar-refractivity contribution in [1.29, 1.82) is 0 Å². The van der Waals surface area contributed by atoms with Crippen molar-refractivity contribution >= 4 is 0 Å². The summed E-state index contributed by atoms with van der Waals surface area (Å²) in [6, 6.07) is 2.13. The molecule has 0 fully saturated rings. The van der Waals surface area contributed by atoms with E-state index in [4.69, 9.17) is 4.74 Å². The fourth-order valence-corrected chi connectivity index (χ4v) is 1.62. The van der Waals surface area contributed by atoms with Gasteiger partial charge in [-0.2, -0.15) is 5.10 Å². The lowest BCUT2D eigenvalue weighted by Crippen LogP contribution is -2.36. The maximum Gasteiger partial charge on any atom is 0.0893 e. The molecule has 3 heteroatoms. The lowest BCUT2D eigenvalue weighted by Gasteiger charge is -2.30. The number of aryl methyl sites for hydroxylation is 1. The molecule has 2 heterocycles. The number of hydrogen-bond donors (Lipinski definition) is 0. The monoisotopic (exact) mass is 180 g/mol. The van der Waals surface area contributed by atoms with Crippen LogP contribution in [-0.2, 0) is 24.3 Å². The van der Waals surface area contributed by atoms with Gasteiger partial charge in [0.2, 0.25) is 0 Å². The van der Waals surface area contributed by atoms with Gasteiger partial charge in [-0.1, -0.05) is 6.92 Å². The predicted octanol–water partition coefficient (Wildman–Crippen LogP) is 1.75. The quantitative estimate of drug-likeness (QED) is 0.658. The maximum absolute atomic E-state index is 5.69. The summed E-state index contributed by atoms with van der Waals surface area (Å²) in [5.74, 6) is 0. The molecule has 0 aromatic carbocycles. The molecule has 0 bridgehead atoms. The smallest absolute Gasteiger partial charge is 0.0893 e. The highest BCUT2D eigenvalue weighted by Crippen LogP contribution is 2.22. The van der Waals surface area contributed by atoms with E-state index in [2.05, 4.69) is 36.6 Å². The zero-order valence-corrected chi connectivity index (χ0v) is 8.50. The minimum absolute atomic E-state index is 0.0654. The lowest BCUT2D eigenvalue weighted by molar-refractivity contribution is -0.0660. The van der Waals surface area contributed by atoms with Crippen molar-refractivity contribution < 1.29 is 4.74 Å². The number of ether oxygens (including phenoxy) is 1. The van der Waals surface area contributed by atoms with Crippen molar-refractivity contribution in [2.45, 2.75) is 45.9 Å². The third-order valence-corrected chi connectivity index (χ3v) is 2.42. The summed E-state index contributed by atoms with van der Waals surface area (Å²) in [6.45, 7) is 7.88. The average molecular weight is 180 g/mol. The van der Waals surface area contributed by atoms with Crippen LogP contribution >= 0.6 is 0 Å². The van der Waals surface area contributed by atoms with E-state index in [9.17, 15) is 0 Å². The third kappa shape index (κ3) is 1.61. The minimum Gasteiger partial charge on any atom is -0.367 e. The molecule has 0 aliphatic carbocycles. The van der Waals surface area contributed by atoms with E-state index in [0.717, 1.165) is 18.7 Å². The summed E-state index contributed by atoms with van der Waals surface area (Å²) in [5.41, 5.74) is 2.30. The van der Waals surface area contributed by atoms with Crippen LogP contribution in [0.15, 0.2) is 6.07 Å². The van der Waals surface area contributed by atoms with Crippen LogP contribution < -0.4 is 0 Å². The SMILES string of the molecule is CCc1cc2n(n1)CC(C)(C)OC2. The van der Waals surface area contributed by atoms with Crippen molar-refractivity contribution in [1.82, 2.24) is 9.78 Å². The summed E-state index contributed by atoms with van der Waals surface area (Å²) < 4.78 is 7.76. The highest BCUT2D eigenvalue weighted by Gasteiger charge is 2.26. The summed E-state index contributed by atoms with van der Waals surface area (Å²) in [6.07, 6.45) is 1.00. The first-order chi connectivity index (χ1) is 6.11. The summed E-state index contributed by atoms with van der Waals surface area (Å²) >= 11 is 0. The Hall–Kier alpha value is -0.830. The molecule has 0 N–H and O–H groups in total. The number of aromatic nitrogens is 2. The first-order valence-electron chi connectivity index (χ1n) is 4.80. The molecule has 0 unspecified atom stereocenters. The molecule has 0 atom stereocenters. The van der Waals surface area contributed by atoms with E-state index < -0.39 is 0 Å². The number of hydrogen-bond acceptors (Lipinski definition) is 2. The lowest BCUT2D eigenvalue weighted by atomic mass is 10.1. The van der Waals surface area contributed by atoms with Crippen LogP contribution in [0.5, 0.6) is 0 Å². The Morgan fingerprint density at radius 3 is 3.08 bits per heavy atom. The van der Waals surface area contributed by atoms with Gasteiger partial charge >= 0.3 is 0 Å². The summed E-state index contributed by atoms with van der Waals surface area (Å²) in [5, 5.41) is 4.50. The van der Waals surface area contributed by atoms with Crippen LogP contribution in [0.25, 0.3) is 0 Å². The molecule has 1 aromatic heterocycles. The van der Waals surface area contributed by atoms with E-state index in [1.165, 1.54) is 5.69 Å². The minimum atomic E-state index is -0.0654. The second-order valence-corrected chi connectivity index (χ2v) is 4.19. The van der Waals surface area contributed by atoms with Gasteiger partial charge in [-0.25, -0.2) is 0 Å². The van der Waals surface area contributed by atoms with E-state index in [-0.39, 0.29) is 5.60 Å². The van der Waals surface area contributed by atoms with Crippen molar-refractivity contribution in [3.8, 4) is 0 Å². The van der Waals surface area contributed by atoms with E-state index in [0.29, 0.717) is 6.61 Å². The summed E-state index contributed by atoms with van der Waals surface area (Å²) in [7, 11) is 0. The van der Waals surface area contributed by atoms with E-state index in [1.807, 2.05) is 0 Å². The maximum atomic E-state index is 5.69. The Kier molecular flexibility index (Phi) is 1.91. The topological polar surface area (TPSA) is 27.1 Å². The van der Waals surface area contributed by atoms with Crippen LogP contribution in [-0.4, -0.2) is 15.4 Å². The van der Waals surface area contributed by atoms with Crippen molar-refractivity contribution in [2.75, 3.05) is 0 Å². The molecule has 0 spiro atoms. The molecule has 0 amide bonds.